The second-order valence-corrected chi connectivity index (χ2v) is 29.7. The minimum absolute atomic E-state index is 1.48. The summed E-state index contributed by atoms with van der Waals surface area (Å²) in [6, 6.07) is 0. The zero-order valence-corrected chi connectivity index (χ0v) is 22.3. The SMILES string of the molecule is SSSSSSSSSSSSSSSSSS. The Labute approximate surface area is 176 Å². The van der Waals surface area contributed by atoms with Gasteiger partial charge in [-0.05, 0) is 157 Å². The van der Waals surface area contributed by atoms with Gasteiger partial charge >= 0.3 is 0 Å². The summed E-state index contributed by atoms with van der Waals surface area (Å²) in [6.45, 7) is 0. The number of rotatable bonds is 15. The molecule has 0 saturated carbocycles. The molecule has 0 fully saturated rings. The third kappa shape index (κ3) is 22.3. The Hall–Kier alpha value is 6.30. The maximum Gasteiger partial charge on any atom is -0.0000000000000000184 e. The molecule has 0 N–H and O–H groups in total. The zero-order chi connectivity index (χ0) is 13.3. The average molecular weight is 579 g/mol. The monoisotopic (exact) mass is 578 g/mol. The predicted molar refractivity (Wildman–Crippen MR) is 139 cm³/mol. The molecule has 0 aromatic heterocycles. The van der Waals surface area contributed by atoms with Crippen molar-refractivity contribution in [1.82, 2.24) is 0 Å². The molecule has 0 aromatic rings. The minimum Gasteiger partial charge on any atom is -0.0988 e. The summed E-state index contributed by atoms with van der Waals surface area (Å²) in [7, 11) is 27.7. The van der Waals surface area contributed by atoms with E-state index < -0.39 is 0 Å². The van der Waals surface area contributed by atoms with E-state index in [0.29, 0.717) is 0 Å². The van der Waals surface area contributed by atoms with Crippen LogP contribution in [0.4, 0.5) is 0 Å². The van der Waals surface area contributed by atoms with Crippen molar-refractivity contribution in [3.05, 3.63) is 0 Å². The van der Waals surface area contributed by atoms with Gasteiger partial charge in [0.15, 0.2) is 0 Å². The molecule has 18 heteroatoms. The van der Waals surface area contributed by atoms with Crippen LogP contribution in [-0.4, -0.2) is 0 Å². The molecule has 0 unspecified atom stereocenters. The maximum atomic E-state index is 4.04. The molecule has 0 atom stereocenters. The Bertz CT molecular complexity index is 112. The largest absolute Gasteiger partial charge is 0.0988 e. The summed E-state index contributed by atoms with van der Waals surface area (Å²) < 4.78 is 0. The molecule has 0 aliphatic carbocycles. The molecule has 0 spiro atoms. The van der Waals surface area contributed by atoms with Gasteiger partial charge in [0.05, 0.1) is 0 Å². The summed E-state index contributed by atoms with van der Waals surface area (Å²) >= 11 is 8.08. The molecule has 0 heterocycles. The van der Waals surface area contributed by atoms with Crippen molar-refractivity contribution in [2.75, 3.05) is 0 Å². The average Bonchev–Trinajstić information content (AvgIpc) is 2.39. The van der Waals surface area contributed by atoms with Gasteiger partial charge in [-0.15, -0.1) is 0 Å². The van der Waals surface area contributed by atoms with Crippen LogP contribution in [0.5, 0.6) is 0 Å². The zero-order valence-electron chi connectivity index (χ0n) is 7.43. The quantitative estimate of drug-likeness (QED) is 0.107. The van der Waals surface area contributed by atoms with Gasteiger partial charge in [0, 0.05) is 0 Å². The first-order valence-electron chi connectivity index (χ1n) is 2.87. The second kappa shape index (κ2) is 23.3. The van der Waals surface area contributed by atoms with E-state index in [1.807, 2.05) is 0 Å². The summed E-state index contributed by atoms with van der Waals surface area (Å²) in [5.74, 6) is 0. The van der Waals surface area contributed by atoms with Crippen molar-refractivity contribution in [2.45, 2.75) is 0 Å². The Kier molecular flexibility index (Phi) is 31.5. The van der Waals surface area contributed by atoms with Crippen molar-refractivity contribution >= 4 is 181 Å². The molecular formula is H2S18. The van der Waals surface area contributed by atoms with Gasteiger partial charge in [-0.2, -0.15) is 0 Å². The lowest BCUT2D eigenvalue weighted by atomic mass is 30.1. The lowest BCUT2D eigenvalue weighted by molar-refractivity contribution is 5.62. The minimum atomic E-state index is 1.48. The molecule has 0 nitrogen and oxygen atoms in total. The standard InChI is InChI=1S/H2S18/c1-3-5-7-9-11-13-15-17-18-16-14-12-10-8-6-4-2/h1-2H. The third-order valence-electron chi connectivity index (χ3n) is 0.422. The summed E-state index contributed by atoms with van der Waals surface area (Å²) in [5.41, 5.74) is 0. The Morgan fingerprint density at radius 3 is 0.611 bits per heavy atom. The van der Waals surface area contributed by atoms with Gasteiger partial charge in [0.1, 0.15) is 0 Å². The normalized spacial score (nSPS) is 11.0. The van der Waals surface area contributed by atoms with Gasteiger partial charge in [0.25, 0.3) is 0 Å². The first-order chi connectivity index (χ1) is 8.91. The van der Waals surface area contributed by atoms with Crippen LogP contribution in [0.15, 0.2) is 0 Å². The molecule has 0 aliphatic heterocycles. The van der Waals surface area contributed by atoms with Crippen LogP contribution < -0.4 is 0 Å². The van der Waals surface area contributed by atoms with Gasteiger partial charge in [-0.1, -0.05) is 23.3 Å². The fourth-order valence-electron chi connectivity index (χ4n) is 0.161. The Morgan fingerprint density at radius 2 is 0.444 bits per heavy atom. The van der Waals surface area contributed by atoms with E-state index in [2.05, 4.69) is 23.3 Å². The van der Waals surface area contributed by atoms with Crippen LogP contribution in [0.1, 0.15) is 0 Å². The maximum absolute atomic E-state index is 4.04. The van der Waals surface area contributed by atoms with Crippen molar-refractivity contribution < 1.29 is 0 Å². The summed E-state index contributed by atoms with van der Waals surface area (Å²) in [5, 5.41) is 0. The molecule has 0 rings (SSSR count). The molecule has 110 valence electrons. The molecule has 0 radical (unpaired) electrons. The topological polar surface area (TPSA) is 0 Å². The number of thiol groups is 2. The Morgan fingerprint density at radius 1 is 0.278 bits per heavy atom. The first kappa shape index (κ1) is 24.3. The number of hydrogen-bond acceptors (Lipinski definition) is 18. The highest BCUT2D eigenvalue weighted by molar-refractivity contribution is 9.58. The molecule has 18 heavy (non-hydrogen) atoms. The molecular weight excluding hydrogens is 577 g/mol. The van der Waals surface area contributed by atoms with Crippen molar-refractivity contribution in [1.29, 1.82) is 0 Å². The Balaban J connectivity index is 2.86. The highest BCUT2D eigenvalue weighted by atomic mass is 34.1. The second-order valence-electron chi connectivity index (χ2n) is 1.10. The molecule has 0 amide bonds. The van der Waals surface area contributed by atoms with E-state index in [0.717, 1.165) is 0 Å². The fourth-order valence-corrected chi connectivity index (χ4v) is 39.1. The first-order valence-corrected chi connectivity index (χ1v) is 25.8. The summed E-state index contributed by atoms with van der Waals surface area (Å²) in [6.07, 6.45) is 0. The lowest BCUT2D eigenvalue weighted by Gasteiger charge is -1.97. The van der Waals surface area contributed by atoms with Crippen LogP contribution in [0.3, 0.4) is 0 Å². The fraction of sp³-hybridized carbons (Fsp3) is 0. The molecule has 0 bridgehead atoms. The summed E-state index contributed by atoms with van der Waals surface area (Å²) in [4.78, 5) is 0. The molecule has 0 aliphatic rings. The number of hydrogen-bond donors (Lipinski definition) is 2. The van der Waals surface area contributed by atoms with E-state index in [9.17, 15) is 0 Å². The van der Waals surface area contributed by atoms with Crippen molar-refractivity contribution in [3.63, 3.8) is 0 Å². The van der Waals surface area contributed by atoms with E-state index in [1.54, 1.807) is 138 Å². The molecule has 0 saturated heterocycles. The highest BCUT2D eigenvalue weighted by Crippen LogP contribution is 2.63. The smallest absolute Gasteiger partial charge is 0.0000000000000000184 e. The molecule has 0 aromatic carbocycles. The predicted octanol–water partition coefficient (Wildman–Crippen LogP) is 11.1. The van der Waals surface area contributed by atoms with E-state index in [1.165, 1.54) is 19.7 Å². The van der Waals surface area contributed by atoms with Crippen LogP contribution in [-0.2, 0) is 0 Å². The van der Waals surface area contributed by atoms with Crippen LogP contribution >= 0.6 is 181 Å². The van der Waals surface area contributed by atoms with Gasteiger partial charge in [-0.25, -0.2) is 0 Å². The van der Waals surface area contributed by atoms with Gasteiger partial charge in [-0.3, -0.25) is 0 Å². The third-order valence-corrected chi connectivity index (χ3v) is 34.2. The van der Waals surface area contributed by atoms with Gasteiger partial charge in [0.2, 0.25) is 0 Å². The van der Waals surface area contributed by atoms with Crippen LogP contribution in [0, 0.1) is 0 Å². The van der Waals surface area contributed by atoms with Crippen LogP contribution in [0.2, 0.25) is 0 Å². The highest BCUT2D eigenvalue weighted by Gasteiger charge is 1.98. The van der Waals surface area contributed by atoms with E-state index >= 15 is 0 Å². The lowest BCUT2D eigenvalue weighted by Crippen LogP contribution is -1.32. The van der Waals surface area contributed by atoms with Gasteiger partial charge < -0.3 is 0 Å². The van der Waals surface area contributed by atoms with Crippen LogP contribution in [0.25, 0.3) is 0 Å². The van der Waals surface area contributed by atoms with Crippen molar-refractivity contribution in [3.8, 4) is 0 Å². The van der Waals surface area contributed by atoms with Crippen molar-refractivity contribution in [2.24, 2.45) is 0 Å². The van der Waals surface area contributed by atoms with E-state index in [4.69, 9.17) is 0 Å². The van der Waals surface area contributed by atoms with E-state index in [-0.39, 0.29) is 0 Å².